The molecule has 1 saturated heterocycles. The molecule has 2 N–H and O–H groups in total. The highest BCUT2D eigenvalue weighted by molar-refractivity contribution is 5.73. The third-order valence-electron chi connectivity index (χ3n) is 5.04. The van der Waals surface area contributed by atoms with Crippen molar-refractivity contribution < 1.29 is 9.18 Å². The van der Waals surface area contributed by atoms with E-state index in [1.165, 1.54) is 30.9 Å². The van der Waals surface area contributed by atoms with E-state index in [-0.39, 0.29) is 11.8 Å². The van der Waals surface area contributed by atoms with Crippen molar-refractivity contribution in [1.29, 1.82) is 0 Å². The molecule has 0 aliphatic carbocycles. The second-order valence-electron chi connectivity index (χ2n) is 7.06. The molecule has 144 valence electrons. The fraction of sp³-hybridized carbons (Fsp3) is 0.409. The summed E-state index contributed by atoms with van der Waals surface area (Å²) < 4.78 is 13.6. The Morgan fingerprint density at radius 1 is 0.889 bits per heavy atom. The summed E-state index contributed by atoms with van der Waals surface area (Å²) in [6.07, 6.45) is 4.34. The molecule has 0 spiro atoms. The van der Waals surface area contributed by atoms with E-state index >= 15 is 0 Å². The monoisotopic (exact) mass is 369 g/mol. The van der Waals surface area contributed by atoms with E-state index in [1.54, 1.807) is 18.2 Å². The first-order chi connectivity index (χ1) is 13.2. The average molecular weight is 369 g/mol. The van der Waals surface area contributed by atoms with Crippen LogP contribution in [-0.2, 0) is 19.5 Å². The quantitative estimate of drug-likeness (QED) is 0.779. The molecule has 2 amide bonds. The SMILES string of the molecule is O=C(NCCc1ccccc1F)NCc1ccccc1CN1CCCCC1. The van der Waals surface area contributed by atoms with Crippen molar-refractivity contribution in [2.75, 3.05) is 19.6 Å². The van der Waals surface area contributed by atoms with Crippen LogP contribution in [0.3, 0.4) is 0 Å². The fourth-order valence-corrected chi connectivity index (χ4v) is 3.49. The number of piperidine rings is 1. The molecule has 0 saturated carbocycles. The van der Waals surface area contributed by atoms with Crippen LogP contribution in [0.25, 0.3) is 0 Å². The molecule has 27 heavy (non-hydrogen) atoms. The Balaban J connectivity index is 1.45. The fourth-order valence-electron chi connectivity index (χ4n) is 3.49. The van der Waals surface area contributed by atoms with Crippen LogP contribution in [-0.4, -0.2) is 30.6 Å². The zero-order chi connectivity index (χ0) is 18.9. The van der Waals surface area contributed by atoms with Crippen LogP contribution in [0.15, 0.2) is 48.5 Å². The molecule has 4 nitrogen and oxygen atoms in total. The van der Waals surface area contributed by atoms with Crippen LogP contribution in [0.4, 0.5) is 9.18 Å². The third kappa shape index (κ3) is 6.07. The highest BCUT2D eigenvalue weighted by atomic mass is 19.1. The van der Waals surface area contributed by atoms with Crippen LogP contribution in [0.2, 0.25) is 0 Å². The molecule has 0 unspecified atom stereocenters. The maximum absolute atomic E-state index is 13.6. The van der Waals surface area contributed by atoms with E-state index in [2.05, 4.69) is 33.7 Å². The Kier molecular flexibility index (Phi) is 7.22. The summed E-state index contributed by atoms with van der Waals surface area (Å²) >= 11 is 0. The zero-order valence-corrected chi connectivity index (χ0v) is 15.7. The van der Waals surface area contributed by atoms with Gasteiger partial charge in [-0.2, -0.15) is 0 Å². The number of rotatable bonds is 7. The molecule has 2 aromatic rings. The summed E-state index contributed by atoms with van der Waals surface area (Å²) in [5.74, 6) is -0.230. The number of halogens is 1. The summed E-state index contributed by atoms with van der Waals surface area (Å²) in [5.41, 5.74) is 3.03. The number of nitrogens with zero attached hydrogens (tertiary/aromatic N) is 1. The summed E-state index contributed by atoms with van der Waals surface area (Å²) in [6, 6.07) is 14.7. The second-order valence-corrected chi connectivity index (χ2v) is 7.06. The van der Waals surface area contributed by atoms with E-state index in [4.69, 9.17) is 0 Å². The van der Waals surface area contributed by atoms with E-state index < -0.39 is 0 Å². The van der Waals surface area contributed by atoms with Crippen LogP contribution < -0.4 is 10.6 Å². The summed E-state index contributed by atoms with van der Waals surface area (Å²) in [4.78, 5) is 14.5. The maximum Gasteiger partial charge on any atom is 0.315 e. The normalized spacial score (nSPS) is 14.7. The largest absolute Gasteiger partial charge is 0.338 e. The molecule has 1 heterocycles. The molecule has 1 aliphatic rings. The van der Waals surface area contributed by atoms with Gasteiger partial charge in [0.25, 0.3) is 0 Å². The van der Waals surface area contributed by atoms with Gasteiger partial charge in [0.15, 0.2) is 0 Å². The van der Waals surface area contributed by atoms with Crippen molar-refractivity contribution in [1.82, 2.24) is 15.5 Å². The first-order valence-electron chi connectivity index (χ1n) is 9.76. The molecular weight excluding hydrogens is 341 g/mol. The van der Waals surface area contributed by atoms with E-state index in [0.29, 0.717) is 25.1 Å². The molecule has 3 rings (SSSR count). The maximum atomic E-state index is 13.6. The van der Waals surface area contributed by atoms with Gasteiger partial charge in [0.2, 0.25) is 0 Å². The van der Waals surface area contributed by atoms with Crippen molar-refractivity contribution in [3.8, 4) is 0 Å². The number of benzene rings is 2. The lowest BCUT2D eigenvalue weighted by Crippen LogP contribution is -2.36. The molecule has 0 aromatic heterocycles. The van der Waals surface area contributed by atoms with Crippen LogP contribution in [0.5, 0.6) is 0 Å². The van der Waals surface area contributed by atoms with Crippen molar-refractivity contribution in [3.63, 3.8) is 0 Å². The molecule has 0 atom stereocenters. The Hall–Kier alpha value is -2.40. The van der Waals surface area contributed by atoms with E-state index in [9.17, 15) is 9.18 Å². The predicted molar refractivity (Wildman–Crippen MR) is 106 cm³/mol. The minimum atomic E-state index is -0.230. The van der Waals surface area contributed by atoms with Crippen molar-refractivity contribution in [2.24, 2.45) is 0 Å². The number of carbonyl (C=O) groups excluding carboxylic acids is 1. The number of amides is 2. The molecule has 5 heteroatoms. The van der Waals surface area contributed by atoms with Gasteiger partial charge in [-0.3, -0.25) is 4.90 Å². The molecule has 1 aliphatic heterocycles. The highest BCUT2D eigenvalue weighted by Crippen LogP contribution is 2.16. The molecule has 1 fully saturated rings. The zero-order valence-electron chi connectivity index (χ0n) is 15.7. The number of urea groups is 1. The summed E-state index contributed by atoms with van der Waals surface area (Å²) in [7, 11) is 0. The highest BCUT2D eigenvalue weighted by Gasteiger charge is 2.12. The van der Waals surface area contributed by atoms with Crippen LogP contribution >= 0.6 is 0 Å². The van der Waals surface area contributed by atoms with Crippen molar-refractivity contribution >= 4 is 6.03 Å². The Labute approximate surface area is 160 Å². The van der Waals surface area contributed by atoms with Gasteiger partial charge in [-0.25, -0.2) is 9.18 Å². The van der Waals surface area contributed by atoms with Gasteiger partial charge in [-0.05, 0) is 55.1 Å². The van der Waals surface area contributed by atoms with Gasteiger partial charge >= 0.3 is 6.03 Å². The standard InChI is InChI=1S/C22H28FN3O/c23-21-11-5-4-8-18(21)12-13-24-22(27)25-16-19-9-2-3-10-20(19)17-26-14-6-1-7-15-26/h2-5,8-11H,1,6-7,12-17H2,(H2,24,25,27). The first kappa shape index (κ1) is 19.4. The molecular formula is C22H28FN3O. The lowest BCUT2D eigenvalue weighted by Gasteiger charge is -2.27. The van der Waals surface area contributed by atoms with Gasteiger partial charge in [0.1, 0.15) is 5.82 Å². The topological polar surface area (TPSA) is 44.4 Å². The number of carbonyl (C=O) groups is 1. The van der Waals surface area contributed by atoms with Crippen molar-refractivity contribution in [3.05, 3.63) is 71.0 Å². The third-order valence-corrected chi connectivity index (χ3v) is 5.04. The van der Waals surface area contributed by atoms with Gasteiger partial charge in [-0.1, -0.05) is 48.9 Å². The number of hydrogen-bond donors (Lipinski definition) is 2. The lowest BCUT2D eigenvalue weighted by atomic mass is 10.0. The minimum Gasteiger partial charge on any atom is -0.338 e. The average Bonchev–Trinajstić information content (AvgIpc) is 2.70. The Morgan fingerprint density at radius 2 is 1.56 bits per heavy atom. The summed E-state index contributed by atoms with van der Waals surface area (Å²) in [6.45, 7) is 4.14. The summed E-state index contributed by atoms with van der Waals surface area (Å²) in [5, 5.41) is 5.72. The van der Waals surface area contributed by atoms with Crippen LogP contribution in [0.1, 0.15) is 36.0 Å². The predicted octanol–water partition coefficient (Wildman–Crippen LogP) is 3.85. The van der Waals surface area contributed by atoms with Gasteiger partial charge in [0.05, 0.1) is 0 Å². The molecule has 0 radical (unpaired) electrons. The first-order valence-corrected chi connectivity index (χ1v) is 9.76. The molecule has 2 aromatic carbocycles. The number of nitrogens with one attached hydrogen (secondary N) is 2. The Bertz CT molecular complexity index is 744. The Morgan fingerprint density at radius 3 is 2.30 bits per heavy atom. The smallest absolute Gasteiger partial charge is 0.315 e. The van der Waals surface area contributed by atoms with E-state index in [1.807, 2.05) is 6.07 Å². The van der Waals surface area contributed by atoms with E-state index in [0.717, 1.165) is 25.2 Å². The van der Waals surface area contributed by atoms with Crippen LogP contribution in [0, 0.1) is 5.82 Å². The van der Waals surface area contributed by atoms with Crippen molar-refractivity contribution in [2.45, 2.75) is 38.8 Å². The number of hydrogen-bond acceptors (Lipinski definition) is 2. The minimum absolute atomic E-state index is 0.223. The van der Waals surface area contributed by atoms with Gasteiger partial charge in [-0.15, -0.1) is 0 Å². The van der Waals surface area contributed by atoms with Gasteiger partial charge < -0.3 is 10.6 Å². The van der Waals surface area contributed by atoms with Gasteiger partial charge in [0, 0.05) is 19.6 Å². The second kappa shape index (κ2) is 10.1. The lowest BCUT2D eigenvalue weighted by molar-refractivity contribution is 0.220. The molecule has 0 bridgehead atoms. The number of likely N-dealkylation sites (tertiary alicyclic amines) is 1.